The van der Waals surface area contributed by atoms with Gasteiger partial charge in [-0.1, -0.05) is 36.4 Å². The summed E-state index contributed by atoms with van der Waals surface area (Å²) in [5, 5.41) is 2.71. The van der Waals surface area contributed by atoms with E-state index in [0.717, 1.165) is 0 Å². The number of carbonyl (C=O) groups excluding carboxylic acids is 1. The van der Waals surface area contributed by atoms with Crippen LogP contribution in [0.2, 0.25) is 0 Å². The van der Waals surface area contributed by atoms with Gasteiger partial charge in [-0.2, -0.15) is 0 Å². The van der Waals surface area contributed by atoms with E-state index < -0.39 is 10.0 Å². The number of amides is 1. The lowest BCUT2D eigenvalue weighted by Gasteiger charge is -2.24. The van der Waals surface area contributed by atoms with Crippen LogP contribution in [0.3, 0.4) is 0 Å². The molecule has 26 heavy (non-hydrogen) atoms. The molecule has 2 rings (SSSR count). The molecule has 0 saturated heterocycles. The molecule has 0 aromatic heterocycles. The zero-order valence-corrected chi connectivity index (χ0v) is 16.2. The SMILES string of the molecule is C=CCSCC(=O)Nc1ccccc1S(=O)(=O)N(CC)c1ccccc1. The fourth-order valence-electron chi connectivity index (χ4n) is 2.42. The van der Waals surface area contributed by atoms with Crippen LogP contribution in [0.1, 0.15) is 6.92 Å². The Morgan fingerprint density at radius 1 is 1.15 bits per heavy atom. The molecule has 0 spiro atoms. The van der Waals surface area contributed by atoms with E-state index in [9.17, 15) is 13.2 Å². The molecule has 2 aromatic rings. The summed E-state index contributed by atoms with van der Waals surface area (Å²) in [7, 11) is -3.81. The highest BCUT2D eigenvalue weighted by Gasteiger charge is 2.26. The van der Waals surface area contributed by atoms with Crippen molar-refractivity contribution in [1.29, 1.82) is 0 Å². The highest BCUT2D eigenvalue weighted by Crippen LogP contribution is 2.28. The zero-order valence-electron chi connectivity index (χ0n) is 14.6. The van der Waals surface area contributed by atoms with E-state index in [1.165, 1.54) is 22.1 Å². The van der Waals surface area contributed by atoms with Crippen LogP contribution >= 0.6 is 11.8 Å². The van der Waals surface area contributed by atoms with Gasteiger partial charge in [-0.15, -0.1) is 18.3 Å². The van der Waals surface area contributed by atoms with Gasteiger partial charge < -0.3 is 5.32 Å². The van der Waals surface area contributed by atoms with E-state index in [2.05, 4.69) is 11.9 Å². The Hall–Kier alpha value is -2.25. The van der Waals surface area contributed by atoms with E-state index in [-0.39, 0.29) is 28.8 Å². The van der Waals surface area contributed by atoms with Crippen molar-refractivity contribution in [3.8, 4) is 0 Å². The van der Waals surface area contributed by atoms with Crippen LogP contribution in [-0.4, -0.2) is 32.4 Å². The van der Waals surface area contributed by atoms with Gasteiger partial charge in [0.15, 0.2) is 0 Å². The quantitative estimate of drug-likeness (QED) is 0.523. The number of carbonyl (C=O) groups is 1. The molecule has 0 radical (unpaired) electrons. The van der Waals surface area contributed by atoms with Crippen LogP contribution in [0.15, 0.2) is 72.1 Å². The Balaban J connectivity index is 2.32. The second kappa shape index (κ2) is 9.45. The van der Waals surface area contributed by atoms with Crippen molar-refractivity contribution in [2.24, 2.45) is 0 Å². The van der Waals surface area contributed by atoms with Gasteiger partial charge in [0, 0.05) is 12.3 Å². The van der Waals surface area contributed by atoms with Gasteiger partial charge in [0.1, 0.15) is 4.90 Å². The summed E-state index contributed by atoms with van der Waals surface area (Å²) >= 11 is 1.41. The average Bonchev–Trinajstić information content (AvgIpc) is 2.63. The van der Waals surface area contributed by atoms with Gasteiger partial charge >= 0.3 is 0 Å². The summed E-state index contributed by atoms with van der Waals surface area (Å²) in [6, 6.07) is 15.4. The minimum Gasteiger partial charge on any atom is -0.324 e. The van der Waals surface area contributed by atoms with E-state index in [1.807, 2.05) is 6.07 Å². The van der Waals surface area contributed by atoms with Crippen LogP contribution in [0.25, 0.3) is 0 Å². The van der Waals surface area contributed by atoms with Gasteiger partial charge in [-0.05, 0) is 31.2 Å². The number of benzene rings is 2. The lowest BCUT2D eigenvalue weighted by atomic mass is 10.3. The first-order valence-electron chi connectivity index (χ1n) is 8.16. The summed E-state index contributed by atoms with van der Waals surface area (Å²) in [5.74, 6) is 0.643. The molecule has 0 heterocycles. The predicted molar refractivity (Wildman–Crippen MR) is 109 cm³/mol. The normalized spacial score (nSPS) is 11.0. The van der Waals surface area contributed by atoms with Crippen LogP contribution in [-0.2, 0) is 14.8 Å². The highest BCUT2D eigenvalue weighted by atomic mass is 32.2. The van der Waals surface area contributed by atoms with Crippen molar-refractivity contribution in [2.75, 3.05) is 27.7 Å². The molecular weight excluding hydrogens is 368 g/mol. The molecule has 7 heteroatoms. The van der Waals surface area contributed by atoms with Crippen LogP contribution < -0.4 is 9.62 Å². The summed E-state index contributed by atoms with van der Waals surface area (Å²) in [4.78, 5) is 12.2. The minimum atomic E-state index is -3.81. The highest BCUT2D eigenvalue weighted by molar-refractivity contribution is 8.00. The molecule has 0 saturated carbocycles. The Kier molecular flexibility index (Phi) is 7.29. The molecule has 2 aromatic carbocycles. The molecule has 0 bridgehead atoms. The summed E-state index contributed by atoms with van der Waals surface area (Å²) in [6.07, 6.45) is 1.72. The van der Waals surface area contributed by atoms with Crippen LogP contribution in [0, 0.1) is 0 Å². The predicted octanol–water partition coefficient (Wildman–Crippen LogP) is 3.76. The fourth-order valence-corrected chi connectivity index (χ4v) is 4.59. The van der Waals surface area contributed by atoms with Gasteiger partial charge in [0.25, 0.3) is 10.0 Å². The average molecular weight is 391 g/mol. The van der Waals surface area contributed by atoms with Crippen molar-refractivity contribution in [2.45, 2.75) is 11.8 Å². The lowest BCUT2D eigenvalue weighted by Crippen LogP contribution is -2.31. The Morgan fingerprint density at radius 3 is 2.46 bits per heavy atom. The van der Waals surface area contributed by atoms with Crippen LogP contribution in [0.5, 0.6) is 0 Å². The third-order valence-corrected chi connectivity index (χ3v) is 6.43. The standard InChI is InChI=1S/C19H22N2O3S2/c1-3-14-25-15-19(22)20-17-12-8-9-13-18(17)26(23,24)21(4-2)16-10-6-5-7-11-16/h3,5-13H,1,4,14-15H2,2H3,(H,20,22). The van der Waals surface area contributed by atoms with Gasteiger partial charge in [-0.3, -0.25) is 9.10 Å². The molecule has 1 amide bonds. The number of hydrogen-bond acceptors (Lipinski definition) is 4. The van der Waals surface area contributed by atoms with E-state index in [0.29, 0.717) is 11.4 Å². The zero-order chi connectivity index (χ0) is 19.0. The largest absolute Gasteiger partial charge is 0.324 e. The van der Waals surface area contributed by atoms with Crippen molar-refractivity contribution in [3.05, 3.63) is 67.3 Å². The Morgan fingerprint density at radius 2 is 1.81 bits per heavy atom. The van der Waals surface area contributed by atoms with Gasteiger partial charge in [0.2, 0.25) is 5.91 Å². The molecular formula is C19H22N2O3S2. The van der Waals surface area contributed by atoms with Crippen molar-refractivity contribution >= 4 is 39.1 Å². The van der Waals surface area contributed by atoms with Gasteiger partial charge in [0.05, 0.1) is 17.1 Å². The molecule has 0 fully saturated rings. The first kappa shape index (κ1) is 20.1. The minimum absolute atomic E-state index is 0.0766. The number of nitrogens with zero attached hydrogens (tertiary/aromatic N) is 1. The maximum absolute atomic E-state index is 13.2. The van der Waals surface area contributed by atoms with E-state index in [1.54, 1.807) is 55.5 Å². The molecule has 0 aliphatic rings. The number of nitrogens with one attached hydrogen (secondary N) is 1. The molecule has 0 aliphatic heterocycles. The molecule has 5 nitrogen and oxygen atoms in total. The molecule has 0 unspecified atom stereocenters. The maximum atomic E-state index is 13.2. The number of rotatable bonds is 9. The monoisotopic (exact) mass is 390 g/mol. The van der Waals surface area contributed by atoms with Crippen molar-refractivity contribution in [3.63, 3.8) is 0 Å². The van der Waals surface area contributed by atoms with Crippen molar-refractivity contribution < 1.29 is 13.2 Å². The summed E-state index contributed by atoms with van der Waals surface area (Å²) in [5.41, 5.74) is 0.865. The smallest absolute Gasteiger partial charge is 0.266 e. The van der Waals surface area contributed by atoms with E-state index in [4.69, 9.17) is 0 Å². The maximum Gasteiger partial charge on any atom is 0.266 e. The third kappa shape index (κ3) is 4.89. The summed E-state index contributed by atoms with van der Waals surface area (Å²) in [6.45, 7) is 5.67. The molecule has 0 aliphatic carbocycles. The van der Waals surface area contributed by atoms with Gasteiger partial charge in [-0.25, -0.2) is 8.42 Å². The molecule has 0 atom stereocenters. The fraction of sp³-hybridized carbons (Fsp3) is 0.211. The number of thioether (sulfide) groups is 1. The number of anilines is 2. The first-order chi connectivity index (χ1) is 12.5. The summed E-state index contributed by atoms with van der Waals surface area (Å²) < 4.78 is 27.7. The lowest BCUT2D eigenvalue weighted by molar-refractivity contribution is -0.113. The Labute approximate surface area is 159 Å². The second-order valence-corrected chi connectivity index (χ2v) is 8.21. The van der Waals surface area contributed by atoms with E-state index >= 15 is 0 Å². The number of hydrogen-bond donors (Lipinski definition) is 1. The topological polar surface area (TPSA) is 66.5 Å². The molecule has 1 N–H and O–H groups in total. The third-order valence-electron chi connectivity index (χ3n) is 3.53. The molecule has 138 valence electrons. The second-order valence-electron chi connectivity index (χ2n) is 5.35. The number of sulfonamides is 1. The number of para-hydroxylation sites is 2. The first-order valence-corrected chi connectivity index (χ1v) is 10.8. The van der Waals surface area contributed by atoms with Crippen molar-refractivity contribution in [1.82, 2.24) is 0 Å². The van der Waals surface area contributed by atoms with Crippen LogP contribution in [0.4, 0.5) is 11.4 Å². The Bertz CT molecular complexity index is 852.